The Bertz CT molecular complexity index is 623. The summed E-state index contributed by atoms with van der Waals surface area (Å²) in [6, 6.07) is 3.76. The number of rotatable bonds is 3. The van der Waals surface area contributed by atoms with Gasteiger partial charge in [0.05, 0.1) is 23.8 Å². The summed E-state index contributed by atoms with van der Waals surface area (Å²) in [5.41, 5.74) is 0. The standard InChI is InChI=1S/C16H23NO4S/c1-12-4-6-17(14(9-12)15-3-2-7-21-15)16(18)10-13-5-8-22(19,20)11-13/h2-3,7,12-14H,4-6,8-11H2,1H3/t12-,13-,14-/m1/s1. The summed E-state index contributed by atoms with van der Waals surface area (Å²) in [4.78, 5) is 14.6. The molecule has 5 nitrogen and oxygen atoms in total. The van der Waals surface area contributed by atoms with Gasteiger partial charge in [-0.3, -0.25) is 4.79 Å². The molecule has 0 unspecified atom stereocenters. The lowest BCUT2D eigenvalue weighted by Gasteiger charge is -2.38. The Hall–Kier alpha value is -1.30. The van der Waals surface area contributed by atoms with Crippen LogP contribution in [0.3, 0.4) is 0 Å². The van der Waals surface area contributed by atoms with Crippen LogP contribution in [0, 0.1) is 11.8 Å². The van der Waals surface area contributed by atoms with Crippen LogP contribution in [-0.4, -0.2) is 37.3 Å². The van der Waals surface area contributed by atoms with Crippen molar-refractivity contribution in [2.45, 2.75) is 38.6 Å². The van der Waals surface area contributed by atoms with Crippen LogP contribution < -0.4 is 0 Å². The second-order valence-electron chi connectivity index (χ2n) is 6.72. The summed E-state index contributed by atoms with van der Waals surface area (Å²) >= 11 is 0. The van der Waals surface area contributed by atoms with Gasteiger partial charge >= 0.3 is 0 Å². The number of amides is 1. The van der Waals surface area contributed by atoms with Gasteiger partial charge in [0.25, 0.3) is 0 Å². The molecular weight excluding hydrogens is 302 g/mol. The monoisotopic (exact) mass is 325 g/mol. The van der Waals surface area contributed by atoms with E-state index in [9.17, 15) is 13.2 Å². The Morgan fingerprint density at radius 1 is 1.41 bits per heavy atom. The van der Waals surface area contributed by atoms with Crippen LogP contribution in [0.1, 0.15) is 44.4 Å². The lowest BCUT2D eigenvalue weighted by atomic mass is 9.90. The van der Waals surface area contributed by atoms with E-state index in [4.69, 9.17) is 4.42 Å². The van der Waals surface area contributed by atoms with Crippen molar-refractivity contribution in [2.24, 2.45) is 11.8 Å². The molecule has 0 spiro atoms. The van der Waals surface area contributed by atoms with E-state index in [-0.39, 0.29) is 29.4 Å². The first kappa shape index (κ1) is 15.6. The Balaban J connectivity index is 1.70. The molecule has 2 aliphatic rings. The third-order valence-corrected chi connectivity index (χ3v) is 6.68. The molecule has 3 heterocycles. The van der Waals surface area contributed by atoms with E-state index < -0.39 is 9.84 Å². The highest BCUT2D eigenvalue weighted by molar-refractivity contribution is 7.91. The fourth-order valence-corrected chi connectivity index (χ4v) is 5.45. The van der Waals surface area contributed by atoms with E-state index in [1.165, 1.54) is 0 Å². The summed E-state index contributed by atoms with van der Waals surface area (Å²) in [6.45, 7) is 2.92. The third kappa shape index (κ3) is 3.37. The van der Waals surface area contributed by atoms with Crippen molar-refractivity contribution in [2.75, 3.05) is 18.1 Å². The Kier molecular flexibility index (Phi) is 4.30. The van der Waals surface area contributed by atoms with E-state index in [1.54, 1.807) is 6.26 Å². The van der Waals surface area contributed by atoms with Gasteiger partial charge in [0.15, 0.2) is 9.84 Å². The number of carbonyl (C=O) groups excluding carboxylic acids is 1. The highest BCUT2D eigenvalue weighted by Gasteiger charge is 2.35. The van der Waals surface area contributed by atoms with Crippen molar-refractivity contribution in [3.63, 3.8) is 0 Å². The summed E-state index contributed by atoms with van der Waals surface area (Å²) in [5.74, 6) is 1.83. The lowest BCUT2D eigenvalue weighted by Crippen LogP contribution is -2.41. The largest absolute Gasteiger partial charge is 0.467 e. The summed E-state index contributed by atoms with van der Waals surface area (Å²) in [6.07, 6.45) is 4.49. The molecule has 0 aliphatic carbocycles. The van der Waals surface area contributed by atoms with Crippen LogP contribution in [0.15, 0.2) is 22.8 Å². The fourth-order valence-electron chi connectivity index (χ4n) is 3.59. The van der Waals surface area contributed by atoms with Gasteiger partial charge in [0, 0.05) is 13.0 Å². The van der Waals surface area contributed by atoms with Gasteiger partial charge in [0.1, 0.15) is 5.76 Å². The number of sulfone groups is 1. The highest BCUT2D eigenvalue weighted by atomic mass is 32.2. The van der Waals surface area contributed by atoms with Gasteiger partial charge in [-0.1, -0.05) is 6.92 Å². The zero-order valence-electron chi connectivity index (χ0n) is 12.9. The van der Waals surface area contributed by atoms with E-state index in [1.807, 2.05) is 17.0 Å². The van der Waals surface area contributed by atoms with Gasteiger partial charge in [-0.2, -0.15) is 0 Å². The number of nitrogens with zero attached hydrogens (tertiary/aromatic N) is 1. The van der Waals surface area contributed by atoms with Crippen LogP contribution in [-0.2, 0) is 14.6 Å². The van der Waals surface area contributed by atoms with Crippen molar-refractivity contribution < 1.29 is 17.6 Å². The van der Waals surface area contributed by atoms with Gasteiger partial charge < -0.3 is 9.32 Å². The number of furan rings is 1. The summed E-state index contributed by atoms with van der Waals surface area (Å²) in [5, 5.41) is 0. The van der Waals surface area contributed by atoms with Gasteiger partial charge in [-0.25, -0.2) is 8.42 Å². The molecule has 3 atom stereocenters. The highest BCUT2D eigenvalue weighted by Crippen LogP contribution is 2.35. The van der Waals surface area contributed by atoms with E-state index in [2.05, 4.69) is 6.92 Å². The first-order valence-corrected chi connectivity index (χ1v) is 9.80. The van der Waals surface area contributed by atoms with Crippen molar-refractivity contribution >= 4 is 15.7 Å². The number of piperidine rings is 1. The van der Waals surface area contributed by atoms with E-state index >= 15 is 0 Å². The predicted octanol–water partition coefficient (Wildman–Crippen LogP) is 2.40. The minimum atomic E-state index is -2.93. The van der Waals surface area contributed by atoms with Gasteiger partial charge in [-0.15, -0.1) is 0 Å². The second kappa shape index (κ2) is 6.07. The zero-order valence-corrected chi connectivity index (χ0v) is 13.7. The molecule has 0 aromatic carbocycles. The lowest BCUT2D eigenvalue weighted by molar-refractivity contribution is -0.137. The Labute approximate surface area is 131 Å². The van der Waals surface area contributed by atoms with Crippen LogP contribution in [0.5, 0.6) is 0 Å². The smallest absolute Gasteiger partial charge is 0.223 e. The summed E-state index contributed by atoms with van der Waals surface area (Å²) < 4.78 is 28.6. The first-order chi connectivity index (χ1) is 10.4. The molecule has 1 aromatic rings. The van der Waals surface area contributed by atoms with Crippen LogP contribution in [0.4, 0.5) is 0 Å². The Morgan fingerprint density at radius 2 is 2.23 bits per heavy atom. The molecule has 1 aromatic heterocycles. The molecule has 0 N–H and O–H groups in total. The number of carbonyl (C=O) groups is 1. The number of hydrogen-bond acceptors (Lipinski definition) is 4. The molecule has 0 saturated carbocycles. The molecule has 2 fully saturated rings. The normalized spacial score (nSPS) is 31.3. The molecule has 3 rings (SSSR count). The molecule has 6 heteroatoms. The Morgan fingerprint density at radius 3 is 2.86 bits per heavy atom. The van der Waals surface area contributed by atoms with Crippen molar-refractivity contribution in [3.8, 4) is 0 Å². The number of likely N-dealkylation sites (tertiary alicyclic amines) is 1. The minimum Gasteiger partial charge on any atom is -0.467 e. The third-order valence-electron chi connectivity index (χ3n) is 4.85. The van der Waals surface area contributed by atoms with Crippen LogP contribution in [0.2, 0.25) is 0 Å². The average Bonchev–Trinajstić information content (AvgIpc) is 3.08. The quantitative estimate of drug-likeness (QED) is 0.856. The van der Waals surface area contributed by atoms with Crippen molar-refractivity contribution in [1.82, 2.24) is 4.90 Å². The molecular formula is C16H23NO4S. The topological polar surface area (TPSA) is 67.6 Å². The second-order valence-corrected chi connectivity index (χ2v) is 8.95. The molecule has 2 aliphatic heterocycles. The van der Waals surface area contributed by atoms with Crippen LogP contribution in [0.25, 0.3) is 0 Å². The maximum absolute atomic E-state index is 12.7. The minimum absolute atomic E-state index is 0.00994. The number of hydrogen-bond donors (Lipinski definition) is 0. The van der Waals surface area contributed by atoms with Crippen LogP contribution >= 0.6 is 0 Å². The SMILES string of the molecule is C[C@@H]1CCN(C(=O)C[C@H]2CCS(=O)(=O)C2)[C@@H](c2ccco2)C1. The molecule has 122 valence electrons. The molecule has 2 saturated heterocycles. The van der Waals surface area contributed by atoms with Crippen molar-refractivity contribution in [1.29, 1.82) is 0 Å². The molecule has 0 radical (unpaired) electrons. The average molecular weight is 325 g/mol. The van der Waals surface area contributed by atoms with E-state index in [0.29, 0.717) is 18.8 Å². The molecule has 0 bridgehead atoms. The zero-order chi connectivity index (χ0) is 15.7. The maximum atomic E-state index is 12.7. The summed E-state index contributed by atoms with van der Waals surface area (Å²) in [7, 11) is -2.93. The van der Waals surface area contributed by atoms with Crippen molar-refractivity contribution in [3.05, 3.63) is 24.2 Å². The molecule has 1 amide bonds. The van der Waals surface area contributed by atoms with Gasteiger partial charge in [-0.05, 0) is 43.2 Å². The predicted molar refractivity (Wildman–Crippen MR) is 82.9 cm³/mol. The van der Waals surface area contributed by atoms with Gasteiger partial charge in [0.2, 0.25) is 5.91 Å². The van der Waals surface area contributed by atoms with E-state index in [0.717, 1.165) is 25.1 Å². The first-order valence-electron chi connectivity index (χ1n) is 7.98. The maximum Gasteiger partial charge on any atom is 0.223 e. The molecule has 22 heavy (non-hydrogen) atoms. The fraction of sp³-hybridized carbons (Fsp3) is 0.688.